The Hall–Kier alpha value is -3.40. The van der Waals surface area contributed by atoms with Gasteiger partial charge < -0.3 is 14.3 Å². The quantitative estimate of drug-likeness (QED) is 0.181. The van der Waals surface area contributed by atoms with E-state index in [4.69, 9.17) is 14.3 Å². The van der Waals surface area contributed by atoms with Crippen LogP contribution in [-0.4, -0.2) is 29.9 Å². The van der Waals surface area contributed by atoms with Crippen molar-refractivity contribution in [1.82, 2.24) is 4.98 Å². The Morgan fingerprint density at radius 3 is 2.34 bits per heavy atom. The molecule has 0 aliphatic rings. The van der Waals surface area contributed by atoms with Crippen molar-refractivity contribution >= 4 is 23.0 Å². The predicted octanol–water partition coefficient (Wildman–Crippen LogP) is 6.41. The Bertz CT molecular complexity index is 1160. The highest BCUT2D eigenvalue weighted by molar-refractivity contribution is 7.15. The molecule has 186 valence electrons. The van der Waals surface area contributed by atoms with Crippen LogP contribution >= 0.6 is 11.3 Å². The van der Waals surface area contributed by atoms with Crippen LogP contribution < -0.4 is 4.74 Å². The molecule has 3 rings (SSSR count). The second-order valence-electron chi connectivity index (χ2n) is 7.39. The summed E-state index contributed by atoms with van der Waals surface area (Å²) in [5.41, 5.74) is 2.23. The molecule has 3 aromatic rings. The second-order valence-corrected chi connectivity index (χ2v) is 8.47. The number of hydrogen-bond acceptors (Lipinski definition) is 7. The first kappa shape index (κ1) is 26.2. The molecule has 0 saturated heterocycles. The van der Waals surface area contributed by atoms with Crippen LogP contribution in [0.2, 0.25) is 0 Å². The van der Waals surface area contributed by atoms with Crippen molar-refractivity contribution < 1.29 is 32.3 Å². The summed E-state index contributed by atoms with van der Waals surface area (Å²) in [6.45, 7) is 5.84. The van der Waals surface area contributed by atoms with E-state index < -0.39 is 17.7 Å². The molecule has 6 nitrogen and oxygen atoms in total. The van der Waals surface area contributed by atoms with Crippen molar-refractivity contribution in [3.63, 3.8) is 0 Å². The van der Waals surface area contributed by atoms with Gasteiger partial charge in [-0.1, -0.05) is 24.2 Å². The summed E-state index contributed by atoms with van der Waals surface area (Å²) in [5.74, 6) is 0.106. The van der Waals surface area contributed by atoms with Crippen LogP contribution in [0.15, 0.2) is 53.7 Å². The maximum absolute atomic E-state index is 12.8. The van der Waals surface area contributed by atoms with E-state index in [1.807, 2.05) is 26.0 Å². The first-order valence-corrected chi connectivity index (χ1v) is 11.7. The van der Waals surface area contributed by atoms with Crippen molar-refractivity contribution in [2.24, 2.45) is 5.16 Å². The molecule has 0 saturated carbocycles. The Morgan fingerprint density at radius 2 is 1.74 bits per heavy atom. The van der Waals surface area contributed by atoms with Gasteiger partial charge >= 0.3 is 12.1 Å². The third-order valence-electron chi connectivity index (χ3n) is 4.91. The summed E-state index contributed by atoms with van der Waals surface area (Å²) in [6, 6.07) is 12.1. The molecular weight excluding hydrogens is 481 g/mol. The van der Waals surface area contributed by atoms with Crippen molar-refractivity contribution in [3.8, 4) is 16.3 Å². The molecule has 0 spiro atoms. The van der Waals surface area contributed by atoms with Gasteiger partial charge in [0.05, 0.1) is 28.5 Å². The molecule has 0 radical (unpaired) electrons. The van der Waals surface area contributed by atoms with Gasteiger partial charge in [-0.25, -0.2) is 9.78 Å². The molecule has 35 heavy (non-hydrogen) atoms. The van der Waals surface area contributed by atoms with Crippen LogP contribution in [0.3, 0.4) is 0 Å². The van der Waals surface area contributed by atoms with Gasteiger partial charge in [-0.05, 0) is 62.2 Å². The number of aromatic nitrogens is 1. The smallest absolute Gasteiger partial charge is 0.416 e. The number of carbonyl (C=O) groups is 1. The lowest BCUT2D eigenvalue weighted by Gasteiger charge is -2.08. The molecule has 10 heteroatoms. The van der Waals surface area contributed by atoms with Crippen molar-refractivity contribution in [2.75, 3.05) is 13.2 Å². The third kappa shape index (κ3) is 7.29. The minimum Gasteiger partial charge on any atom is -0.482 e. The van der Waals surface area contributed by atoms with Crippen molar-refractivity contribution in [2.45, 2.75) is 40.0 Å². The number of nitrogens with zero attached hydrogens (tertiary/aromatic N) is 2. The SMILES string of the molecule is CCOC(=O)COc1ccc(C(CC)=NOCc2sc(-c3ccc(C(F)(F)F)cc3)nc2C)cc1. The Labute approximate surface area is 205 Å². The Morgan fingerprint density at radius 1 is 1.06 bits per heavy atom. The van der Waals surface area contributed by atoms with Crippen LogP contribution in [0.5, 0.6) is 5.75 Å². The average molecular weight is 507 g/mol. The van der Waals surface area contributed by atoms with Gasteiger partial charge in [-0.3, -0.25) is 0 Å². The average Bonchev–Trinajstić information content (AvgIpc) is 3.21. The van der Waals surface area contributed by atoms with E-state index in [1.54, 1.807) is 19.1 Å². The van der Waals surface area contributed by atoms with Crippen LogP contribution in [-0.2, 0) is 27.2 Å². The minimum absolute atomic E-state index is 0.159. The lowest BCUT2D eigenvalue weighted by Crippen LogP contribution is -2.14. The van der Waals surface area contributed by atoms with E-state index in [9.17, 15) is 18.0 Å². The normalized spacial score (nSPS) is 11.9. The summed E-state index contributed by atoms with van der Waals surface area (Å²) >= 11 is 1.35. The minimum atomic E-state index is -4.37. The van der Waals surface area contributed by atoms with Gasteiger partial charge in [0.2, 0.25) is 0 Å². The third-order valence-corrected chi connectivity index (χ3v) is 6.09. The lowest BCUT2D eigenvalue weighted by molar-refractivity contribution is -0.145. The molecular formula is C25H25F3N2O4S. The molecule has 2 aromatic carbocycles. The summed E-state index contributed by atoms with van der Waals surface area (Å²) < 4.78 is 48.6. The van der Waals surface area contributed by atoms with Crippen molar-refractivity contribution in [1.29, 1.82) is 0 Å². The zero-order valence-electron chi connectivity index (χ0n) is 19.5. The first-order chi connectivity index (χ1) is 16.7. The fourth-order valence-corrected chi connectivity index (χ4v) is 4.04. The zero-order valence-corrected chi connectivity index (χ0v) is 20.3. The summed E-state index contributed by atoms with van der Waals surface area (Å²) in [4.78, 5) is 22.3. The van der Waals surface area contributed by atoms with Crippen molar-refractivity contribution in [3.05, 3.63) is 70.2 Å². The fraction of sp³-hybridized carbons (Fsp3) is 0.320. The zero-order chi connectivity index (χ0) is 25.4. The van der Waals surface area contributed by atoms with Gasteiger partial charge in [0, 0.05) is 5.56 Å². The highest BCUT2D eigenvalue weighted by Crippen LogP contribution is 2.33. The summed E-state index contributed by atoms with van der Waals surface area (Å²) in [6.07, 6.45) is -3.75. The van der Waals surface area contributed by atoms with E-state index in [0.717, 1.165) is 34.0 Å². The largest absolute Gasteiger partial charge is 0.482 e. The Balaban J connectivity index is 1.61. The molecule has 1 heterocycles. The summed E-state index contributed by atoms with van der Waals surface area (Å²) in [7, 11) is 0. The molecule has 0 aliphatic heterocycles. The number of oxime groups is 1. The lowest BCUT2D eigenvalue weighted by atomic mass is 10.1. The van der Waals surface area contributed by atoms with Crippen LogP contribution in [0.1, 0.15) is 42.0 Å². The number of esters is 1. The molecule has 0 fully saturated rings. The first-order valence-electron chi connectivity index (χ1n) is 10.9. The predicted molar refractivity (Wildman–Crippen MR) is 127 cm³/mol. The van der Waals surface area contributed by atoms with E-state index in [-0.39, 0.29) is 13.2 Å². The van der Waals surface area contributed by atoms with E-state index in [0.29, 0.717) is 29.3 Å². The van der Waals surface area contributed by atoms with E-state index in [1.165, 1.54) is 23.5 Å². The maximum Gasteiger partial charge on any atom is 0.416 e. The van der Waals surface area contributed by atoms with Gasteiger partial charge in [0.15, 0.2) is 13.2 Å². The number of hydrogen-bond donors (Lipinski definition) is 0. The highest BCUT2D eigenvalue weighted by Gasteiger charge is 2.30. The summed E-state index contributed by atoms with van der Waals surface area (Å²) in [5, 5.41) is 4.87. The number of aryl methyl sites for hydroxylation is 1. The molecule has 0 aliphatic carbocycles. The standard InChI is InChI=1S/C25H25F3N2O4S/c1-4-21(17-8-12-20(13-9-17)33-15-23(31)32-5-2)30-34-14-22-16(3)29-24(35-22)18-6-10-19(11-7-18)25(26,27)28/h6-13H,4-5,14-15H2,1-3H3. The molecule has 0 unspecified atom stereocenters. The number of halogens is 3. The molecule has 0 bridgehead atoms. The van der Waals surface area contributed by atoms with E-state index in [2.05, 4.69) is 10.1 Å². The number of ether oxygens (including phenoxy) is 2. The molecule has 0 N–H and O–H groups in total. The number of alkyl halides is 3. The topological polar surface area (TPSA) is 70.0 Å². The number of benzene rings is 2. The van der Waals surface area contributed by atoms with Gasteiger partial charge in [-0.15, -0.1) is 11.3 Å². The van der Waals surface area contributed by atoms with E-state index >= 15 is 0 Å². The molecule has 0 amide bonds. The molecule has 1 aromatic heterocycles. The number of carbonyl (C=O) groups excluding carboxylic acids is 1. The second kappa shape index (κ2) is 11.8. The number of thiazole rings is 1. The number of rotatable bonds is 10. The van der Waals surface area contributed by atoms with Crippen LogP contribution in [0.25, 0.3) is 10.6 Å². The van der Waals surface area contributed by atoms with Gasteiger partial charge in [0.1, 0.15) is 10.8 Å². The van der Waals surface area contributed by atoms with Gasteiger partial charge in [0.25, 0.3) is 0 Å². The van der Waals surface area contributed by atoms with Gasteiger partial charge in [-0.2, -0.15) is 13.2 Å². The maximum atomic E-state index is 12.8. The highest BCUT2D eigenvalue weighted by atomic mass is 32.1. The van der Waals surface area contributed by atoms with Crippen LogP contribution in [0, 0.1) is 6.92 Å². The molecule has 0 atom stereocenters. The fourth-order valence-electron chi connectivity index (χ4n) is 3.07. The Kier molecular flexibility index (Phi) is 8.86. The van der Waals surface area contributed by atoms with Crippen LogP contribution in [0.4, 0.5) is 13.2 Å². The monoisotopic (exact) mass is 506 g/mol.